The van der Waals surface area contributed by atoms with Gasteiger partial charge >= 0.3 is 0 Å². The molecule has 0 unspecified atom stereocenters. The summed E-state index contributed by atoms with van der Waals surface area (Å²) in [5.41, 5.74) is 0.383. The average Bonchev–Trinajstić information content (AvgIpc) is 3.44. The number of ether oxygens (including phenoxy) is 1. The summed E-state index contributed by atoms with van der Waals surface area (Å²) in [6.07, 6.45) is 1.88. The lowest BCUT2D eigenvalue weighted by Gasteiger charge is -2.24. The zero-order valence-corrected chi connectivity index (χ0v) is 14.7. The maximum Gasteiger partial charge on any atom is 0.264 e. The van der Waals surface area contributed by atoms with E-state index in [0.717, 1.165) is 17.1 Å². The Morgan fingerprint density at radius 1 is 1.16 bits per heavy atom. The highest BCUT2D eigenvalue weighted by Crippen LogP contribution is 2.27. The van der Waals surface area contributed by atoms with Crippen molar-refractivity contribution in [1.29, 1.82) is 0 Å². The van der Waals surface area contributed by atoms with Gasteiger partial charge in [0.1, 0.15) is 12.3 Å². The summed E-state index contributed by atoms with van der Waals surface area (Å²) < 4.78 is 32.4. The molecule has 3 rings (SSSR count). The number of methoxy groups -OCH3 is 1. The van der Waals surface area contributed by atoms with Gasteiger partial charge in [0, 0.05) is 12.1 Å². The standard InChI is InChI=1S/C18H20N2O4S/c1-24-16-7-5-6-15(12-16)20(13-18(21)19-14-10-11-14)25(22,23)17-8-3-2-4-9-17/h2-9,12,14H,10-11,13H2,1H3,(H,19,21). The van der Waals surface area contributed by atoms with Crippen LogP contribution in [0.15, 0.2) is 59.5 Å². The van der Waals surface area contributed by atoms with E-state index in [1.807, 2.05) is 0 Å². The van der Waals surface area contributed by atoms with Gasteiger partial charge in [0.2, 0.25) is 5.91 Å². The van der Waals surface area contributed by atoms with Gasteiger partial charge in [0.15, 0.2) is 0 Å². The average molecular weight is 360 g/mol. The molecule has 0 spiro atoms. The molecular weight excluding hydrogens is 340 g/mol. The third-order valence-corrected chi connectivity index (χ3v) is 5.69. The van der Waals surface area contributed by atoms with Crippen molar-refractivity contribution in [2.24, 2.45) is 0 Å². The van der Waals surface area contributed by atoms with Crippen LogP contribution in [0.25, 0.3) is 0 Å². The highest BCUT2D eigenvalue weighted by atomic mass is 32.2. The predicted molar refractivity (Wildman–Crippen MR) is 95.1 cm³/mol. The van der Waals surface area contributed by atoms with Crippen LogP contribution in [0.1, 0.15) is 12.8 Å². The van der Waals surface area contributed by atoms with Crippen molar-refractivity contribution in [3.8, 4) is 5.75 Å². The molecule has 6 nitrogen and oxygen atoms in total. The number of nitrogens with zero attached hydrogens (tertiary/aromatic N) is 1. The van der Waals surface area contributed by atoms with Crippen molar-refractivity contribution in [1.82, 2.24) is 5.32 Å². The Bertz CT molecular complexity index is 848. The molecule has 0 radical (unpaired) electrons. The van der Waals surface area contributed by atoms with E-state index in [2.05, 4.69) is 5.32 Å². The molecule has 2 aromatic carbocycles. The fraction of sp³-hybridized carbons (Fsp3) is 0.278. The third kappa shape index (κ3) is 4.11. The number of rotatable bonds is 7. The van der Waals surface area contributed by atoms with Gasteiger partial charge in [-0.2, -0.15) is 0 Å². The van der Waals surface area contributed by atoms with Gasteiger partial charge in [-0.05, 0) is 37.1 Å². The number of carbonyl (C=O) groups is 1. The van der Waals surface area contributed by atoms with Crippen molar-refractivity contribution in [2.45, 2.75) is 23.8 Å². The molecule has 2 aromatic rings. The molecule has 1 amide bonds. The lowest BCUT2D eigenvalue weighted by molar-refractivity contribution is -0.119. The number of nitrogens with one attached hydrogen (secondary N) is 1. The monoisotopic (exact) mass is 360 g/mol. The molecule has 1 saturated carbocycles. The van der Waals surface area contributed by atoms with Crippen LogP contribution in [0.5, 0.6) is 5.75 Å². The summed E-state index contributed by atoms with van der Waals surface area (Å²) in [4.78, 5) is 12.4. The maximum atomic E-state index is 13.1. The molecule has 1 fully saturated rings. The number of benzene rings is 2. The molecule has 1 aliphatic carbocycles. The highest BCUT2D eigenvalue weighted by molar-refractivity contribution is 7.92. The van der Waals surface area contributed by atoms with Gasteiger partial charge < -0.3 is 10.1 Å². The van der Waals surface area contributed by atoms with E-state index in [-0.39, 0.29) is 23.4 Å². The SMILES string of the molecule is COc1cccc(N(CC(=O)NC2CC2)S(=O)(=O)c2ccccc2)c1. The Morgan fingerprint density at radius 2 is 1.88 bits per heavy atom. The molecule has 0 heterocycles. The van der Waals surface area contributed by atoms with Crippen molar-refractivity contribution < 1.29 is 17.9 Å². The van der Waals surface area contributed by atoms with E-state index in [0.29, 0.717) is 11.4 Å². The van der Waals surface area contributed by atoms with Crippen molar-refractivity contribution in [2.75, 3.05) is 18.0 Å². The molecule has 0 atom stereocenters. The minimum Gasteiger partial charge on any atom is -0.497 e. The lowest BCUT2D eigenvalue weighted by Crippen LogP contribution is -2.41. The second-order valence-corrected chi connectivity index (χ2v) is 7.73. The summed E-state index contributed by atoms with van der Waals surface area (Å²) in [5, 5.41) is 2.83. The molecule has 132 valence electrons. The number of amides is 1. The zero-order chi connectivity index (χ0) is 17.9. The first kappa shape index (κ1) is 17.3. The normalized spacial score (nSPS) is 14.0. The number of carbonyl (C=O) groups excluding carboxylic acids is 1. The quantitative estimate of drug-likeness (QED) is 0.821. The number of hydrogen-bond acceptors (Lipinski definition) is 4. The van der Waals surface area contributed by atoms with E-state index >= 15 is 0 Å². The molecule has 1 aliphatic rings. The smallest absolute Gasteiger partial charge is 0.264 e. The molecule has 0 bridgehead atoms. The van der Waals surface area contributed by atoms with Gasteiger partial charge in [-0.1, -0.05) is 24.3 Å². The fourth-order valence-electron chi connectivity index (χ4n) is 2.43. The van der Waals surface area contributed by atoms with Gasteiger partial charge in [-0.15, -0.1) is 0 Å². The van der Waals surface area contributed by atoms with Crippen molar-refractivity contribution >= 4 is 21.6 Å². The Kier molecular flexibility index (Phi) is 4.94. The molecule has 7 heteroatoms. The van der Waals surface area contributed by atoms with E-state index < -0.39 is 10.0 Å². The molecule has 0 aliphatic heterocycles. The van der Waals surface area contributed by atoms with Crippen molar-refractivity contribution in [3.05, 3.63) is 54.6 Å². The van der Waals surface area contributed by atoms with E-state index in [4.69, 9.17) is 4.74 Å². The second kappa shape index (κ2) is 7.14. The van der Waals surface area contributed by atoms with Crippen LogP contribution < -0.4 is 14.4 Å². The molecule has 0 aromatic heterocycles. The van der Waals surface area contributed by atoms with Crippen LogP contribution in [0.2, 0.25) is 0 Å². The topological polar surface area (TPSA) is 75.7 Å². The lowest BCUT2D eigenvalue weighted by atomic mass is 10.3. The van der Waals surface area contributed by atoms with Crippen LogP contribution >= 0.6 is 0 Å². The van der Waals surface area contributed by atoms with Gasteiger partial charge in [0.05, 0.1) is 17.7 Å². The van der Waals surface area contributed by atoms with Crippen LogP contribution in [-0.4, -0.2) is 34.0 Å². The Morgan fingerprint density at radius 3 is 2.52 bits per heavy atom. The van der Waals surface area contributed by atoms with E-state index in [1.165, 1.54) is 19.2 Å². The Hall–Kier alpha value is -2.54. The molecule has 1 N–H and O–H groups in total. The first-order chi connectivity index (χ1) is 12.0. The maximum absolute atomic E-state index is 13.1. The van der Waals surface area contributed by atoms with Gasteiger partial charge in [-0.25, -0.2) is 8.42 Å². The third-order valence-electron chi connectivity index (χ3n) is 3.90. The largest absolute Gasteiger partial charge is 0.497 e. The zero-order valence-electron chi connectivity index (χ0n) is 13.9. The first-order valence-corrected chi connectivity index (χ1v) is 9.46. The molecule has 0 saturated heterocycles. The summed E-state index contributed by atoms with van der Waals surface area (Å²) >= 11 is 0. The summed E-state index contributed by atoms with van der Waals surface area (Å²) in [6, 6.07) is 14.9. The summed E-state index contributed by atoms with van der Waals surface area (Å²) in [5.74, 6) is 0.207. The number of hydrogen-bond donors (Lipinski definition) is 1. The van der Waals surface area contributed by atoms with Crippen LogP contribution in [0, 0.1) is 0 Å². The first-order valence-electron chi connectivity index (χ1n) is 8.02. The highest BCUT2D eigenvalue weighted by Gasteiger charge is 2.30. The predicted octanol–water partition coefficient (Wildman–Crippen LogP) is 2.17. The summed E-state index contributed by atoms with van der Waals surface area (Å²) in [6.45, 7) is -0.277. The fourth-order valence-corrected chi connectivity index (χ4v) is 3.87. The van der Waals surface area contributed by atoms with Gasteiger partial charge in [0.25, 0.3) is 10.0 Å². The molecule has 25 heavy (non-hydrogen) atoms. The van der Waals surface area contributed by atoms with Crippen LogP contribution in [0.3, 0.4) is 0 Å². The van der Waals surface area contributed by atoms with E-state index in [9.17, 15) is 13.2 Å². The second-order valence-electron chi connectivity index (χ2n) is 5.87. The Balaban J connectivity index is 1.96. The van der Waals surface area contributed by atoms with Crippen molar-refractivity contribution in [3.63, 3.8) is 0 Å². The summed E-state index contributed by atoms with van der Waals surface area (Å²) in [7, 11) is -2.36. The minimum absolute atomic E-state index is 0.136. The number of anilines is 1. The van der Waals surface area contributed by atoms with Crippen LogP contribution in [-0.2, 0) is 14.8 Å². The Labute approximate surface area is 147 Å². The molecular formula is C18H20N2O4S. The minimum atomic E-state index is -3.87. The number of sulfonamides is 1. The van der Waals surface area contributed by atoms with E-state index in [1.54, 1.807) is 42.5 Å². The van der Waals surface area contributed by atoms with Gasteiger partial charge in [-0.3, -0.25) is 9.10 Å². The van der Waals surface area contributed by atoms with Crippen LogP contribution in [0.4, 0.5) is 5.69 Å².